The van der Waals surface area contributed by atoms with Crippen molar-refractivity contribution in [2.45, 2.75) is 19.4 Å². The highest BCUT2D eigenvalue weighted by Gasteiger charge is 2.24. The molecule has 1 N–H and O–H groups in total. The zero-order chi connectivity index (χ0) is 20.8. The summed E-state index contributed by atoms with van der Waals surface area (Å²) in [6.07, 6.45) is 1.82. The minimum atomic E-state index is 0.101. The number of rotatable bonds is 7. The summed E-state index contributed by atoms with van der Waals surface area (Å²) in [4.78, 5) is 15.0. The van der Waals surface area contributed by atoms with Crippen molar-refractivity contribution in [1.82, 2.24) is 10.2 Å². The van der Waals surface area contributed by atoms with Crippen LogP contribution in [0, 0.1) is 5.92 Å². The molecule has 30 heavy (non-hydrogen) atoms. The Kier molecular flexibility index (Phi) is 7.03. The Bertz CT molecular complexity index is 977. The maximum atomic E-state index is 12.5. The van der Waals surface area contributed by atoms with Crippen LogP contribution in [-0.4, -0.2) is 37.0 Å². The molecular weight excluding hydrogens is 440 g/mol. The van der Waals surface area contributed by atoms with Crippen LogP contribution in [0.5, 0.6) is 5.75 Å². The fourth-order valence-electron chi connectivity index (χ4n) is 4.00. The van der Waals surface area contributed by atoms with Gasteiger partial charge in [0.05, 0.1) is 6.54 Å². The monoisotopic (exact) mass is 466 g/mol. The van der Waals surface area contributed by atoms with Crippen LogP contribution in [-0.2, 0) is 11.3 Å². The van der Waals surface area contributed by atoms with Crippen molar-refractivity contribution in [3.05, 3.63) is 76.8 Å². The highest BCUT2D eigenvalue weighted by atomic mass is 79.9. The summed E-state index contributed by atoms with van der Waals surface area (Å²) >= 11 is 3.48. The zero-order valence-corrected chi connectivity index (χ0v) is 18.6. The second-order valence-corrected chi connectivity index (χ2v) is 8.71. The van der Waals surface area contributed by atoms with Gasteiger partial charge in [0.2, 0.25) is 5.91 Å². The number of amides is 1. The van der Waals surface area contributed by atoms with E-state index in [2.05, 4.69) is 68.6 Å². The minimum Gasteiger partial charge on any atom is -0.491 e. The summed E-state index contributed by atoms with van der Waals surface area (Å²) in [5.41, 5.74) is 1.31. The first-order chi connectivity index (χ1) is 14.7. The maximum Gasteiger partial charge on any atom is 0.223 e. The molecule has 0 aromatic heterocycles. The summed E-state index contributed by atoms with van der Waals surface area (Å²) < 4.78 is 7.03. The number of nitrogens with zero attached hydrogens (tertiary/aromatic N) is 1. The summed E-state index contributed by atoms with van der Waals surface area (Å²) in [5, 5.41) is 5.32. The maximum absolute atomic E-state index is 12.5. The molecule has 1 aliphatic rings. The second kappa shape index (κ2) is 10.1. The number of benzene rings is 3. The lowest BCUT2D eigenvalue weighted by atomic mass is 9.95. The standard InChI is InChI=1S/C25H27BrN2O2/c26-22-10-8-19(9-11-22)18-28-15-12-21(13-16-28)25(29)27-14-17-30-24-7-3-5-20-4-1-2-6-23(20)24/h1-11,21H,12-18H2,(H,27,29). The van der Waals surface area contributed by atoms with Crippen molar-refractivity contribution in [2.24, 2.45) is 5.92 Å². The van der Waals surface area contributed by atoms with Crippen LogP contribution in [0.15, 0.2) is 71.2 Å². The van der Waals surface area contributed by atoms with Gasteiger partial charge >= 0.3 is 0 Å². The van der Waals surface area contributed by atoms with E-state index in [1.165, 1.54) is 5.56 Å². The molecule has 1 aliphatic heterocycles. The number of carbonyl (C=O) groups is 1. The van der Waals surface area contributed by atoms with Gasteiger partial charge in [0.1, 0.15) is 12.4 Å². The SMILES string of the molecule is O=C(NCCOc1cccc2ccccc12)C1CCN(Cc2ccc(Br)cc2)CC1. The van der Waals surface area contributed by atoms with Crippen molar-refractivity contribution in [3.8, 4) is 5.75 Å². The van der Waals surface area contributed by atoms with Crippen LogP contribution in [0.4, 0.5) is 0 Å². The molecule has 0 spiro atoms. The molecule has 4 nitrogen and oxygen atoms in total. The number of fused-ring (bicyclic) bond motifs is 1. The van der Waals surface area contributed by atoms with Crippen LogP contribution < -0.4 is 10.1 Å². The summed E-state index contributed by atoms with van der Waals surface area (Å²) in [7, 11) is 0. The van der Waals surface area contributed by atoms with Crippen LogP contribution in [0.1, 0.15) is 18.4 Å². The van der Waals surface area contributed by atoms with Gasteiger partial charge in [-0.3, -0.25) is 9.69 Å². The van der Waals surface area contributed by atoms with E-state index in [0.717, 1.165) is 53.5 Å². The third kappa shape index (κ3) is 5.41. The Morgan fingerprint density at radius 1 is 1.00 bits per heavy atom. The van der Waals surface area contributed by atoms with Gasteiger partial charge in [-0.15, -0.1) is 0 Å². The lowest BCUT2D eigenvalue weighted by Gasteiger charge is -2.31. The van der Waals surface area contributed by atoms with Crippen molar-refractivity contribution in [2.75, 3.05) is 26.2 Å². The normalized spacial score (nSPS) is 15.2. The highest BCUT2D eigenvalue weighted by molar-refractivity contribution is 9.10. The lowest BCUT2D eigenvalue weighted by Crippen LogP contribution is -2.41. The van der Waals surface area contributed by atoms with Gasteiger partial charge in [-0.1, -0.05) is 64.5 Å². The number of hydrogen-bond donors (Lipinski definition) is 1. The number of hydrogen-bond acceptors (Lipinski definition) is 3. The number of halogens is 1. The van der Waals surface area contributed by atoms with E-state index >= 15 is 0 Å². The predicted molar refractivity (Wildman–Crippen MR) is 125 cm³/mol. The second-order valence-electron chi connectivity index (χ2n) is 7.79. The Hall–Kier alpha value is -2.37. The van der Waals surface area contributed by atoms with Crippen LogP contribution in [0.2, 0.25) is 0 Å². The van der Waals surface area contributed by atoms with E-state index in [-0.39, 0.29) is 11.8 Å². The molecule has 4 rings (SSSR count). The van der Waals surface area contributed by atoms with Crippen LogP contribution in [0.3, 0.4) is 0 Å². The van der Waals surface area contributed by atoms with E-state index in [4.69, 9.17) is 4.74 Å². The van der Waals surface area contributed by atoms with E-state index < -0.39 is 0 Å². The molecule has 1 amide bonds. The molecule has 1 saturated heterocycles. The van der Waals surface area contributed by atoms with Crippen LogP contribution >= 0.6 is 15.9 Å². The molecule has 0 aliphatic carbocycles. The summed E-state index contributed by atoms with van der Waals surface area (Å²) in [5.74, 6) is 1.12. The molecule has 3 aromatic rings. The smallest absolute Gasteiger partial charge is 0.223 e. The summed E-state index contributed by atoms with van der Waals surface area (Å²) in [6.45, 7) is 3.87. The highest BCUT2D eigenvalue weighted by Crippen LogP contribution is 2.25. The largest absolute Gasteiger partial charge is 0.491 e. The minimum absolute atomic E-state index is 0.101. The summed E-state index contributed by atoms with van der Waals surface area (Å²) in [6, 6.07) is 22.7. The number of carbonyl (C=O) groups excluding carboxylic acids is 1. The molecule has 0 atom stereocenters. The van der Waals surface area contributed by atoms with Crippen molar-refractivity contribution in [3.63, 3.8) is 0 Å². The Morgan fingerprint density at radius 3 is 2.53 bits per heavy atom. The first-order valence-electron chi connectivity index (χ1n) is 10.5. The van der Waals surface area contributed by atoms with Gasteiger partial charge in [0.15, 0.2) is 0 Å². The molecule has 3 aromatic carbocycles. The number of piperidine rings is 1. The molecule has 0 bridgehead atoms. The molecule has 1 heterocycles. The Labute approximate surface area is 186 Å². The average Bonchev–Trinajstić information content (AvgIpc) is 2.79. The van der Waals surface area contributed by atoms with Crippen molar-refractivity contribution >= 4 is 32.6 Å². The van der Waals surface area contributed by atoms with E-state index in [1.54, 1.807) is 0 Å². The van der Waals surface area contributed by atoms with Gasteiger partial charge in [-0.05, 0) is 55.1 Å². The van der Waals surface area contributed by atoms with Gasteiger partial charge in [-0.25, -0.2) is 0 Å². The third-order valence-electron chi connectivity index (χ3n) is 5.69. The molecular formula is C25H27BrN2O2. The van der Waals surface area contributed by atoms with Crippen molar-refractivity contribution in [1.29, 1.82) is 0 Å². The fourth-order valence-corrected chi connectivity index (χ4v) is 4.27. The zero-order valence-electron chi connectivity index (χ0n) is 17.0. The van der Waals surface area contributed by atoms with E-state index in [1.807, 2.05) is 24.3 Å². The molecule has 156 valence electrons. The van der Waals surface area contributed by atoms with Gasteiger partial charge in [0.25, 0.3) is 0 Å². The quantitative estimate of drug-likeness (QED) is 0.497. The van der Waals surface area contributed by atoms with Gasteiger partial charge in [0, 0.05) is 22.3 Å². The number of nitrogens with one attached hydrogen (secondary N) is 1. The third-order valence-corrected chi connectivity index (χ3v) is 6.21. The molecule has 1 fully saturated rings. The number of likely N-dealkylation sites (tertiary alicyclic amines) is 1. The topological polar surface area (TPSA) is 41.6 Å². The Balaban J connectivity index is 1.18. The fraction of sp³-hybridized carbons (Fsp3) is 0.320. The Morgan fingerprint density at radius 2 is 1.73 bits per heavy atom. The van der Waals surface area contributed by atoms with Crippen molar-refractivity contribution < 1.29 is 9.53 Å². The average molecular weight is 467 g/mol. The van der Waals surface area contributed by atoms with Gasteiger partial charge in [-0.2, -0.15) is 0 Å². The lowest BCUT2D eigenvalue weighted by molar-refractivity contribution is -0.126. The first-order valence-corrected chi connectivity index (χ1v) is 11.3. The predicted octanol–water partition coefficient (Wildman–Crippen LogP) is 5.01. The van der Waals surface area contributed by atoms with Gasteiger partial charge < -0.3 is 10.1 Å². The first kappa shape index (κ1) is 20.9. The molecule has 5 heteroatoms. The van der Waals surface area contributed by atoms with E-state index in [0.29, 0.717) is 13.2 Å². The molecule has 0 saturated carbocycles. The van der Waals surface area contributed by atoms with Crippen LogP contribution in [0.25, 0.3) is 10.8 Å². The molecule has 0 radical (unpaired) electrons. The van der Waals surface area contributed by atoms with E-state index in [9.17, 15) is 4.79 Å². The molecule has 0 unspecified atom stereocenters. The number of ether oxygens (including phenoxy) is 1.